The molecule has 246 valence electrons. The van der Waals surface area contributed by atoms with Crippen molar-refractivity contribution in [3.63, 3.8) is 0 Å². The van der Waals surface area contributed by atoms with Crippen molar-refractivity contribution in [2.45, 2.75) is 126 Å². The molecule has 0 amide bonds. The largest absolute Gasteiger partial charge is 0.230 e. The summed E-state index contributed by atoms with van der Waals surface area (Å²) in [5.74, 6) is 2.16. The molecule has 0 fully saturated rings. The molecule has 0 N–H and O–H groups in total. The fourth-order valence-corrected chi connectivity index (χ4v) is 7.81. The average Bonchev–Trinajstić information content (AvgIpc) is 2.93. The van der Waals surface area contributed by atoms with Gasteiger partial charge in [-0.15, -0.1) is 0 Å². The van der Waals surface area contributed by atoms with Gasteiger partial charge in [-0.25, -0.2) is 9.78 Å². The summed E-state index contributed by atoms with van der Waals surface area (Å²) in [5, 5.41) is 0. The van der Waals surface area contributed by atoms with Crippen LogP contribution in [-0.4, -0.2) is 11.2 Å². The van der Waals surface area contributed by atoms with Crippen LogP contribution in [0.25, 0.3) is 0 Å². The normalized spacial score (nSPS) is 14.0. The Bertz CT molecular complexity index is 1040. The van der Waals surface area contributed by atoms with E-state index in [-0.39, 0.29) is 22.7 Å². The fourth-order valence-electron chi connectivity index (χ4n) is 7.81. The lowest BCUT2D eigenvalue weighted by molar-refractivity contribution is -0.426. The van der Waals surface area contributed by atoms with E-state index in [1.165, 1.54) is 11.1 Å². The minimum absolute atomic E-state index is 0.0762. The lowest BCUT2D eigenvalue weighted by Gasteiger charge is -2.50. The van der Waals surface area contributed by atoms with Crippen LogP contribution in [0.5, 0.6) is 0 Å². The van der Waals surface area contributed by atoms with Gasteiger partial charge >= 0.3 is 0 Å². The van der Waals surface area contributed by atoms with E-state index in [0.29, 0.717) is 11.8 Å². The van der Waals surface area contributed by atoms with Gasteiger partial charge in [0.1, 0.15) is 11.2 Å². The molecular formula is C42H66O2. The first-order valence-electron chi connectivity index (χ1n) is 16.8. The Balaban J connectivity index is 0.000000821. The van der Waals surface area contributed by atoms with Crippen LogP contribution in [0, 0.1) is 29.6 Å². The van der Waals surface area contributed by atoms with Gasteiger partial charge in [-0.3, -0.25) is 0 Å². The molecule has 44 heavy (non-hydrogen) atoms. The Morgan fingerprint density at radius 2 is 0.591 bits per heavy atom. The monoisotopic (exact) mass is 603 g/mol. The third kappa shape index (κ3) is 11.8. The van der Waals surface area contributed by atoms with Crippen LogP contribution in [-0.2, 0) is 20.6 Å². The first-order valence-corrected chi connectivity index (χ1v) is 16.8. The summed E-state index contributed by atoms with van der Waals surface area (Å²) in [5.41, 5.74) is 1.54. The van der Waals surface area contributed by atoms with Crippen molar-refractivity contribution in [1.82, 2.24) is 0 Å². The average molecular weight is 603 g/mol. The van der Waals surface area contributed by atoms with E-state index in [9.17, 15) is 0 Å². The second-order valence-corrected chi connectivity index (χ2v) is 15.9. The van der Waals surface area contributed by atoms with Crippen molar-refractivity contribution in [2.75, 3.05) is 0 Å². The van der Waals surface area contributed by atoms with Gasteiger partial charge in [0.05, 0.1) is 0 Å². The van der Waals surface area contributed by atoms with Gasteiger partial charge in [0.25, 0.3) is 0 Å². The van der Waals surface area contributed by atoms with Crippen molar-refractivity contribution in [3.8, 4) is 0 Å². The summed E-state index contributed by atoms with van der Waals surface area (Å²) in [6.45, 7) is 33.7. The summed E-state index contributed by atoms with van der Waals surface area (Å²) in [4.78, 5) is 13.0. The summed E-state index contributed by atoms with van der Waals surface area (Å²) in [6.07, 6.45) is 0. The van der Waals surface area contributed by atoms with Crippen LogP contribution in [0.4, 0.5) is 0 Å². The van der Waals surface area contributed by atoms with Crippen LogP contribution in [0.1, 0.15) is 115 Å². The Hall–Kier alpha value is -2.42. The Labute approximate surface area is 272 Å². The van der Waals surface area contributed by atoms with E-state index in [0.717, 1.165) is 5.92 Å². The predicted molar refractivity (Wildman–Crippen MR) is 193 cm³/mol. The highest BCUT2D eigenvalue weighted by molar-refractivity contribution is 5.27. The van der Waals surface area contributed by atoms with Crippen molar-refractivity contribution in [2.24, 2.45) is 29.6 Å². The fraction of sp³-hybridized carbons (Fsp3) is 0.571. The predicted octanol–water partition coefficient (Wildman–Crippen LogP) is 12.3. The summed E-state index contributed by atoms with van der Waals surface area (Å²) < 4.78 is 0. The highest BCUT2D eigenvalue weighted by atomic mass is 17.2. The molecule has 0 heterocycles. The molecule has 0 radical (unpaired) electrons. The van der Waals surface area contributed by atoms with E-state index < -0.39 is 11.2 Å². The first kappa shape index (κ1) is 39.6. The van der Waals surface area contributed by atoms with E-state index in [1.54, 1.807) is 0 Å². The minimum Gasteiger partial charge on any atom is -0.230 e. The molecule has 2 heteroatoms. The van der Waals surface area contributed by atoms with E-state index in [2.05, 4.69) is 165 Å². The molecule has 0 saturated carbocycles. The van der Waals surface area contributed by atoms with Crippen molar-refractivity contribution >= 4 is 0 Å². The van der Waals surface area contributed by atoms with Crippen LogP contribution < -0.4 is 0 Å². The van der Waals surface area contributed by atoms with Gasteiger partial charge < -0.3 is 0 Å². The van der Waals surface area contributed by atoms with Gasteiger partial charge in [-0.1, -0.05) is 173 Å². The zero-order valence-electron chi connectivity index (χ0n) is 30.9. The van der Waals surface area contributed by atoms with E-state index in [1.807, 2.05) is 36.4 Å². The van der Waals surface area contributed by atoms with Gasteiger partial charge in [0.15, 0.2) is 0 Å². The third-order valence-corrected chi connectivity index (χ3v) is 8.56. The standard InChI is InChI=1S/C32H50O2.C6H6.C4H10/c1-23(2)27(29(5,6)25-19-15-13-16-20-25)31(9,10)33-34-32(11,12)28(24(3)4)30(7,8)26-21-17-14-18-22-26;1-2-4-6-5-3-1;1-4(2)3/h13-24,27-28H,1-12H3;1-6H;4H,1-3H3. The number of benzene rings is 3. The van der Waals surface area contributed by atoms with Crippen molar-refractivity contribution < 1.29 is 9.78 Å². The van der Waals surface area contributed by atoms with Crippen LogP contribution >= 0.6 is 0 Å². The Morgan fingerprint density at radius 3 is 0.795 bits per heavy atom. The van der Waals surface area contributed by atoms with Crippen LogP contribution in [0.15, 0.2) is 97.1 Å². The lowest BCUT2D eigenvalue weighted by atomic mass is 9.62. The first-order chi connectivity index (χ1) is 20.3. The maximum atomic E-state index is 6.49. The Kier molecular flexibility index (Phi) is 15.6. The second kappa shape index (κ2) is 17.3. The van der Waals surface area contributed by atoms with E-state index >= 15 is 0 Å². The zero-order chi connectivity index (χ0) is 33.8. The van der Waals surface area contributed by atoms with Gasteiger partial charge in [0, 0.05) is 11.8 Å². The highest BCUT2D eigenvalue weighted by Gasteiger charge is 2.49. The van der Waals surface area contributed by atoms with Gasteiger partial charge in [-0.05, 0) is 67.4 Å². The molecule has 2 nitrogen and oxygen atoms in total. The summed E-state index contributed by atoms with van der Waals surface area (Å²) in [6, 6.07) is 33.6. The van der Waals surface area contributed by atoms with Crippen molar-refractivity contribution in [1.29, 1.82) is 0 Å². The Morgan fingerprint density at radius 1 is 0.386 bits per heavy atom. The van der Waals surface area contributed by atoms with Gasteiger partial charge in [0.2, 0.25) is 0 Å². The van der Waals surface area contributed by atoms with E-state index in [4.69, 9.17) is 9.78 Å². The molecule has 0 saturated heterocycles. The molecule has 3 aromatic rings. The minimum atomic E-state index is -0.483. The molecule has 0 aliphatic rings. The quantitative estimate of drug-likeness (QED) is 0.160. The second-order valence-electron chi connectivity index (χ2n) is 15.9. The molecule has 3 aromatic carbocycles. The summed E-state index contributed by atoms with van der Waals surface area (Å²) >= 11 is 0. The van der Waals surface area contributed by atoms with Gasteiger partial charge in [-0.2, -0.15) is 0 Å². The molecule has 0 aliphatic heterocycles. The molecule has 0 spiro atoms. The van der Waals surface area contributed by atoms with Crippen molar-refractivity contribution in [3.05, 3.63) is 108 Å². The topological polar surface area (TPSA) is 18.5 Å². The molecule has 2 atom stereocenters. The zero-order valence-corrected chi connectivity index (χ0v) is 30.9. The SMILES string of the molecule is CC(C)C.CC(C)C(C(C)(C)OOC(C)(C)C(C(C)C)C(C)(C)c1ccccc1)C(C)(C)c1ccccc1.c1ccccc1. The number of rotatable bonds is 11. The molecule has 2 unspecified atom stereocenters. The maximum Gasteiger partial charge on any atom is 0.102 e. The third-order valence-electron chi connectivity index (χ3n) is 8.56. The number of hydrogen-bond acceptors (Lipinski definition) is 2. The smallest absolute Gasteiger partial charge is 0.102 e. The number of hydrogen-bond donors (Lipinski definition) is 0. The molecular weight excluding hydrogens is 536 g/mol. The highest BCUT2D eigenvalue weighted by Crippen LogP contribution is 2.47. The molecule has 3 rings (SSSR count). The molecule has 0 bridgehead atoms. The maximum absolute atomic E-state index is 6.49. The summed E-state index contributed by atoms with van der Waals surface area (Å²) in [7, 11) is 0. The molecule has 0 aromatic heterocycles. The van der Waals surface area contributed by atoms with Crippen LogP contribution in [0.2, 0.25) is 0 Å². The lowest BCUT2D eigenvalue weighted by Crippen LogP contribution is -2.52. The molecule has 0 aliphatic carbocycles. The van der Waals surface area contributed by atoms with Crippen LogP contribution in [0.3, 0.4) is 0 Å².